The van der Waals surface area contributed by atoms with Gasteiger partial charge in [0, 0.05) is 46.1 Å². The van der Waals surface area contributed by atoms with Crippen LogP contribution in [0.4, 0.5) is 0 Å². The number of guanidine groups is 1. The van der Waals surface area contributed by atoms with E-state index in [0.717, 1.165) is 0 Å². The molecule has 0 saturated carbocycles. The minimum Gasteiger partial charge on any atom is -0.355 e. The summed E-state index contributed by atoms with van der Waals surface area (Å²) in [6.07, 6.45) is 2.00. The number of hydrogen-bond acceptors (Lipinski definition) is 4. The Morgan fingerprint density at radius 2 is 2.08 bits per heavy atom. The van der Waals surface area contributed by atoms with Gasteiger partial charge in [0.25, 0.3) is 0 Å². The summed E-state index contributed by atoms with van der Waals surface area (Å²) >= 11 is 1.20. The van der Waals surface area contributed by atoms with Gasteiger partial charge in [0.05, 0.1) is 6.54 Å². The van der Waals surface area contributed by atoms with Crippen LogP contribution in [0, 0.1) is 0 Å². The van der Waals surface area contributed by atoms with Gasteiger partial charge in [-0.25, -0.2) is 13.1 Å². The van der Waals surface area contributed by atoms with Gasteiger partial charge < -0.3 is 14.8 Å². The van der Waals surface area contributed by atoms with Gasteiger partial charge in [-0.2, -0.15) is 0 Å². The van der Waals surface area contributed by atoms with Gasteiger partial charge in [-0.3, -0.25) is 4.99 Å². The number of halogens is 1. The van der Waals surface area contributed by atoms with Crippen molar-refractivity contribution >= 4 is 51.3 Å². The zero-order chi connectivity index (χ0) is 17.6. The minimum absolute atomic E-state index is 0. The second-order valence-electron chi connectivity index (χ2n) is 5.27. The van der Waals surface area contributed by atoms with Gasteiger partial charge in [-0.1, -0.05) is 6.07 Å². The quantitative estimate of drug-likeness (QED) is 0.264. The molecule has 0 aliphatic carbocycles. The van der Waals surface area contributed by atoms with Crippen molar-refractivity contribution < 1.29 is 8.42 Å². The van der Waals surface area contributed by atoms with E-state index in [1.807, 2.05) is 31.3 Å². The summed E-state index contributed by atoms with van der Waals surface area (Å²) in [7, 11) is 2.23. The molecule has 0 amide bonds. The second-order valence-corrected chi connectivity index (χ2v) is 8.21. The molecule has 7 nitrogen and oxygen atoms in total. The number of sulfonamides is 1. The molecule has 2 rings (SSSR count). The Balaban J connectivity index is 0.00000312. The Bertz CT molecular complexity index is 772. The number of nitrogens with zero attached hydrogens (tertiary/aromatic N) is 3. The van der Waals surface area contributed by atoms with Crippen LogP contribution < -0.4 is 10.0 Å². The Labute approximate surface area is 170 Å². The molecule has 0 bridgehead atoms. The van der Waals surface area contributed by atoms with Crippen LogP contribution in [-0.2, 0) is 23.6 Å². The molecule has 0 aliphatic heterocycles. The zero-order valence-electron chi connectivity index (χ0n) is 14.5. The van der Waals surface area contributed by atoms with Crippen LogP contribution in [-0.4, -0.2) is 51.0 Å². The van der Waals surface area contributed by atoms with Crippen LogP contribution in [0.5, 0.6) is 0 Å². The first-order chi connectivity index (χ1) is 11.4. The van der Waals surface area contributed by atoms with Gasteiger partial charge in [-0.15, -0.1) is 35.3 Å². The van der Waals surface area contributed by atoms with Crippen molar-refractivity contribution in [2.45, 2.75) is 10.8 Å². The fourth-order valence-corrected chi connectivity index (χ4v) is 4.28. The zero-order valence-corrected chi connectivity index (χ0v) is 18.4. The predicted octanol–water partition coefficient (Wildman–Crippen LogP) is 1.69. The third kappa shape index (κ3) is 6.28. The van der Waals surface area contributed by atoms with Gasteiger partial charge in [-0.05, 0) is 23.6 Å². The first-order valence-electron chi connectivity index (χ1n) is 7.49. The maximum absolute atomic E-state index is 12.0. The highest BCUT2D eigenvalue weighted by atomic mass is 127. The molecule has 0 saturated heterocycles. The van der Waals surface area contributed by atoms with Gasteiger partial charge >= 0.3 is 0 Å². The van der Waals surface area contributed by atoms with Crippen molar-refractivity contribution in [1.82, 2.24) is 19.5 Å². The predicted molar refractivity (Wildman–Crippen MR) is 113 cm³/mol. The molecule has 2 aromatic rings. The van der Waals surface area contributed by atoms with E-state index in [1.165, 1.54) is 17.0 Å². The van der Waals surface area contributed by atoms with Gasteiger partial charge in [0.15, 0.2) is 5.96 Å². The third-order valence-corrected chi connectivity index (χ3v) is 6.34. The average Bonchev–Trinajstić information content (AvgIpc) is 3.20. The van der Waals surface area contributed by atoms with Crippen LogP contribution in [0.25, 0.3) is 0 Å². The first-order valence-corrected chi connectivity index (χ1v) is 9.85. The average molecular weight is 497 g/mol. The Kier molecular flexibility index (Phi) is 8.89. The van der Waals surface area contributed by atoms with Crippen LogP contribution in [0.3, 0.4) is 0 Å². The van der Waals surface area contributed by atoms with Crippen molar-refractivity contribution in [2.24, 2.45) is 12.0 Å². The molecule has 0 aromatic carbocycles. The van der Waals surface area contributed by atoms with Crippen molar-refractivity contribution in [3.63, 3.8) is 0 Å². The molecule has 0 atom stereocenters. The molecule has 140 valence electrons. The fraction of sp³-hybridized carbons (Fsp3) is 0.400. The molecule has 25 heavy (non-hydrogen) atoms. The normalized spacial score (nSPS) is 11.9. The number of hydrogen-bond donors (Lipinski definition) is 2. The molecule has 0 spiro atoms. The number of thiophene rings is 1. The summed E-state index contributed by atoms with van der Waals surface area (Å²) in [6.45, 7) is 1.45. The topological polar surface area (TPSA) is 78.7 Å². The number of rotatable bonds is 7. The van der Waals surface area contributed by atoms with Crippen LogP contribution in [0.2, 0.25) is 0 Å². The number of aryl methyl sites for hydroxylation is 1. The fourth-order valence-electron chi connectivity index (χ4n) is 2.21. The lowest BCUT2D eigenvalue weighted by Crippen LogP contribution is -2.42. The molecule has 2 aromatic heterocycles. The smallest absolute Gasteiger partial charge is 0.250 e. The van der Waals surface area contributed by atoms with Crippen LogP contribution in [0.1, 0.15) is 5.69 Å². The van der Waals surface area contributed by atoms with E-state index < -0.39 is 10.0 Å². The number of nitrogens with one attached hydrogen (secondary N) is 2. The molecule has 2 N–H and O–H groups in total. The molecule has 2 heterocycles. The lowest BCUT2D eigenvalue weighted by molar-refractivity contribution is 0.462. The van der Waals surface area contributed by atoms with E-state index >= 15 is 0 Å². The SMILES string of the molecule is CN=C(NCCNS(=O)(=O)c1cccs1)N(C)Cc1cccn1C.I. The molecule has 10 heteroatoms. The second kappa shape index (κ2) is 10.1. The minimum atomic E-state index is -3.42. The summed E-state index contributed by atoms with van der Waals surface area (Å²) < 4.78 is 29.0. The molecule has 0 fully saturated rings. The van der Waals surface area contributed by atoms with Crippen LogP contribution >= 0.6 is 35.3 Å². The molecule has 0 aliphatic rings. The van der Waals surface area contributed by atoms with Crippen molar-refractivity contribution in [1.29, 1.82) is 0 Å². The number of aliphatic imine (C=N–C) groups is 1. The van der Waals surface area contributed by atoms with E-state index in [2.05, 4.69) is 25.7 Å². The lowest BCUT2D eigenvalue weighted by Gasteiger charge is -2.22. The highest BCUT2D eigenvalue weighted by Crippen LogP contribution is 2.14. The van der Waals surface area contributed by atoms with E-state index in [0.29, 0.717) is 23.3 Å². The highest BCUT2D eigenvalue weighted by molar-refractivity contribution is 14.0. The van der Waals surface area contributed by atoms with E-state index in [-0.39, 0.29) is 30.5 Å². The third-order valence-electron chi connectivity index (χ3n) is 3.48. The van der Waals surface area contributed by atoms with E-state index in [1.54, 1.807) is 24.6 Å². The summed E-state index contributed by atoms with van der Waals surface area (Å²) in [6, 6.07) is 7.36. The maximum Gasteiger partial charge on any atom is 0.250 e. The summed E-state index contributed by atoms with van der Waals surface area (Å²) in [5.41, 5.74) is 1.17. The molecular weight excluding hydrogens is 473 g/mol. The largest absolute Gasteiger partial charge is 0.355 e. The monoisotopic (exact) mass is 497 g/mol. The Morgan fingerprint density at radius 1 is 1.32 bits per heavy atom. The van der Waals surface area contributed by atoms with Crippen molar-refractivity contribution in [3.05, 3.63) is 41.5 Å². The molecule has 0 unspecified atom stereocenters. The highest BCUT2D eigenvalue weighted by Gasteiger charge is 2.14. The standard InChI is InChI=1S/C15H23N5O2S2.HI/c1-16-15(20(3)12-13-6-4-10-19(13)2)17-8-9-18-24(21,22)14-7-5-11-23-14;/h4-7,10-11,18H,8-9,12H2,1-3H3,(H,16,17);1H. The van der Waals surface area contributed by atoms with Crippen molar-refractivity contribution in [2.75, 3.05) is 27.2 Å². The maximum atomic E-state index is 12.0. The first kappa shape index (κ1) is 21.9. The number of aromatic nitrogens is 1. The van der Waals surface area contributed by atoms with E-state index in [4.69, 9.17) is 0 Å². The van der Waals surface area contributed by atoms with Gasteiger partial charge in [0.1, 0.15) is 4.21 Å². The van der Waals surface area contributed by atoms with E-state index in [9.17, 15) is 8.42 Å². The summed E-state index contributed by atoms with van der Waals surface area (Å²) in [4.78, 5) is 6.22. The van der Waals surface area contributed by atoms with Gasteiger partial charge in [0.2, 0.25) is 10.0 Å². The molecular formula is C15H24IN5O2S2. The molecule has 0 radical (unpaired) electrons. The Hall–Kier alpha value is -1.11. The lowest BCUT2D eigenvalue weighted by atomic mass is 10.4. The summed E-state index contributed by atoms with van der Waals surface area (Å²) in [5, 5.41) is 4.91. The van der Waals surface area contributed by atoms with Crippen molar-refractivity contribution in [3.8, 4) is 0 Å². The Morgan fingerprint density at radius 3 is 2.64 bits per heavy atom. The summed E-state index contributed by atoms with van der Waals surface area (Å²) in [5.74, 6) is 0.714. The van der Waals surface area contributed by atoms with Crippen LogP contribution in [0.15, 0.2) is 45.0 Å².